The maximum atomic E-state index is 5.90. The van der Waals surface area contributed by atoms with Crippen LogP contribution in [0.25, 0.3) is 0 Å². The predicted octanol–water partition coefficient (Wildman–Crippen LogP) is 3.38. The molecule has 1 saturated carbocycles. The second-order valence-corrected chi connectivity index (χ2v) is 5.10. The van der Waals surface area contributed by atoms with E-state index in [-0.39, 0.29) is 0 Å². The van der Waals surface area contributed by atoms with Crippen molar-refractivity contribution < 1.29 is 4.74 Å². The molecule has 1 aliphatic carbocycles. The molecule has 2 aliphatic rings. The van der Waals surface area contributed by atoms with Crippen molar-refractivity contribution in [2.45, 2.75) is 58.5 Å². The third kappa shape index (κ3) is 1.52. The Kier molecular flexibility index (Phi) is 2.64. The summed E-state index contributed by atoms with van der Waals surface area (Å²) in [6.07, 6.45) is 8.88. The Balaban J connectivity index is 2.17. The average Bonchev–Trinajstić information content (AvgIpc) is 2.40. The van der Waals surface area contributed by atoms with E-state index in [0.29, 0.717) is 11.5 Å². The minimum absolute atomic E-state index is 0.552. The molecule has 2 rings (SSSR count). The van der Waals surface area contributed by atoms with Crippen LogP contribution in [0.1, 0.15) is 52.4 Å². The summed E-state index contributed by atoms with van der Waals surface area (Å²) in [6.45, 7) is 5.78. The van der Waals surface area contributed by atoms with Crippen LogP contribution in [0.15, 0.2) is 0 Å². The summed E-state index contributed by atoms with van der Waals surface area (Å²) in [5, 5.41) is 0. The van der Waals surface area contributed by atoms with Crippen molar-refractivity contribution in [3.05, 3.63) is 0 Å². The molecule has 0 amide bonds. The first-order chi connectivity index (χ1) is 6.26. The molecule has 0 bridgehead atoms. The molecule has 0 spiro atoms. The van der Waals surface area contributed by atoms with E-state index in [0.717, 1.165) is 12.5 Å². The molecule has 2 fully saturated rings. The summed E-state index contributed by atoms with van der Waals surface area (Å²) in [6, 6.07) is 0. The van der Waals surface area contributed by atoms with Crippen LogP contribution in [0.3, 0.4) is 0 Å². The summed E-state index contributed by atoms with van der Waals surface area (Å²) in [5.74, 6) is 0.804. The number of rotatable bonds is 1. The van der Waals surface area contributed by atoms with Crippen LogP contribution in [-0.2, 0) is 4.74 Å². The van der Waals surface area contributed by atoms with E-state index in [4.69, 9.17) is 4.74 Å². The van der Waals surface area contributed by atoms with Gasteiger partial charge in [-0.3, -0.25) is 0 Å². The maximum Gasteiger partial charge on any atom is 0.0634 e. The van der Waals surface area contributed by atoms with Gasteiger partial charge < -0.3 is 4.74 Å². The highest BCUT2D eigenvalue weighted by Crippen LogP contribution is 2.49. The first kappa shape index (κ1) is 9.51. The Morgan fingerprint density at radius 2 is 2.00 bits per heavy atom. The quantitative estimate of drug-likeness (QED) is 0.604. The van der Waals surface area contributed by atoms with Gasteiger partial charge in [0.1, 0.15) is 0 Å². The van der Waals surface area contributed by atoms with Crippen molar-refractivity contribution in [3.8, 4) is 0 Å². The third-order valence-electron chi connectivity index (χ3n) is 4.29. The SMILES string of the molecule is CC(C)[C@]12CCCCC[C@@H]1OCC2. The molecular weight excluding hydrogens is 160 g/mol. The molecule has 0 N–H and O–H groups in total. The van der Waals surface area contributed by atoms with Crippen LogP contribution in [-0.4, -0.2) is 12.7 Å². The molecule has 13 heavy (non-hydrogen) atoms. The summed E-state index contributed by atoms with van der Waals surface area (Å²) in [4.78, 5) is 0. The fraction of sp³-hybridized carbons (Fsp3) is 1.00. The molecule has 0 aromatic carbocycles. The molecule has 0 unspecified atom stereocenters. The van der Waals surface area contributed by atoms with E-state index >= 15 is 0 Å². The Bertz CT molecular complexity index is 176. The summed E-state index contributed by atoms with van der Waals surface area (Å²) >= 11 is 0. The molecule has 1 heterocycles. The van der Waals surface area contributed by atoms with E-state index in [1.807, 2.05) is 0 Å². The van der Waals surface area contributed by atoms with Gasteiger partial charge >= 0.3 is 0 Å². The Morgan fingerprint density at radius 3 is 2.77 bits per heavy atom. The van der Waals surface area contributed by atoms with Crippen LogP contribution in [0.5, 0.6) is 0 Å². The minimum atomic E-state index is 0.552. The highest BCUT2D eigenvalue weighted by Gasteiger charge is 2.46. The highest BCUT2D eigenvalue weighted by atomic mass is 16.5. The molecule has 2 atom stereocenters. The van der Waals surface area contributed by atoms with Crippen molar-refractivity contribution in [1.82, 2.24) is 0 Å². The lowest BCUT2D eigenvalue weighted by molar-refractivity contribution is 0.0183. The molecule has 1 aliphatic heterocycles. The molecular formula is C12H22O. The number of fused-ring (bicyclic) bond motifs is 1. The van der Waals surface area contributed by atoms with E-state index in [1.165, 1.54) is 38.5 Å². The number of hydrogen-bond donors (Lipinski definition) is 0. The van der Waals surface area contributed by atoms with Gasteiger partial charge in [0.15, 0.2) is 0 Å². The summed E-state index contributed by atoms with van der Waals surface area (Å²) in [5.41, 5.74) is 0.552. The van der Waals surface area contributed by atoms with E-state index in [9.17, 15) is 0 Å². The summed E-state index contributed by atoms with van der Waals surface area (Å²) in [7, 11) is 0. The van der Waals surface area contributed by atoms with Gasteiger partial charge in [-0.15, -0.1) is 0 Å². The fourth-order valence-corrected chi connectivity index (χ4v) is 3.28. The van der Waals surface area contributed by atoms with Crippen molar-refractivity contribution in [1.29, 1.82) is 0 Å². The standard InChI is InChI=1S/C12H22O/c1-10(2)12-7-5-3-4-6-11(12)13-9-8-12/h10-11H,3-9H2,1-2H3/t11-,12+/m0/s1. The van der Waals surface area contributed by atoms with Crippen molar-refractivity contribution in [2.75, 3.05) is 6.61 Å². The summed E-state index contributed by atoms with van der Waals surface area (Å²) < 4.78 is 5.90. The van der Waals surface area contributed by atoms with Gasteiger partial charge in [-0.05, 0) is 25.2 Å². The van der Waals surface area contributed by atoms with E-state index < -0.39 is 0 Å². The van der Waals surface area contributed by atoms with Crippen molar-refractivity contribution >= 4 is 0 Å². The fourth-order valence-electron chi connectivity index (χ4n) is 3.28. The van der Waals surface area contributed by atoms with Crippen LogP contribution in [0, 0.1) is 11.3 Å². The van der Waals surface area contributed by atoms with Crippen LogP contribution in [0.2, 0.25) is 0 Å². The smallest absolute Gasteiger partial charge is 0.0634 e. The average molecular weight is 182 g/mol. The minimum Gasteiger partial charge on any atom is -0.378 e. The molecule has 0 aromatic rings. The predicted molar refractivity (Wildman–Crippen MR) is 54.7 cm³/mol. The Hall–Kier alpha value is -0.0400. The van der Waals surface area contributed by atoms with Crippen LogP contribution in [0.4, 0.5) is 0 Å². The lowest BCUT2D eigenvalue weighted by Crippen LogP contribution is -2.35. The van der Waals surface area contributed by atoms with Gasteiger partial charge in [0.25, 0.3) is 0 Å². The van der Waals surface area contributed by atoms with Gasteiger partial charge in [-0.25, -0.2) is 0 Å². The van der Waals surface area contributed by atoms with Gasteiger partial charge in [-0.2, -0.15) is 0 Å². The zero-order valence-corrected chi connectivity index (χ0v) is 9.01. The topological polar surface area (TPSA) is 9.23 Å². The van der Waals surface area contributed by atoms with Crippen LogP contribution < -0.4 is 0 Å². The molecule has 0 radical (unpaired) electrons. The second-order valence-electron chi connectivity index (χ2n) is 5.10. The Labute approximate surface area is 81.9 Å². The normalized spacial score (nSPS) is 40.4. The molecule has 76 valence electrons. The number of hydrogen-bond acceptors (Lipinski definition) is 1. The van der Waals surface area contributed by atoms with Gasteiger partial charge in [0, 0.05) is 12.0 Å². The zero-order valence-electron chi connectivity index (χ0n) is 9.01. The largest absolute Gasteiger partial charge is 0.378 e. The van der Waals surface area contributed by atoms with Crippen LogP contribution >= 0.6 is 0 Å². The first-order valence-corrected chi connectivity index (χ1v) is 5.87. The van der Waals surface area contributed by atoms with Gasteiger partial charge in [-0.1, -0.05) is 33.1 Å². The van der Waals surface area contributed by atoms with E-state index in [2.05, 4.69) is 13.8 Å². The van der Waals surface area contributed by atoms with Crippen molar-refractivity contribution in [2.24, 2.45) is 11.3 Å². The highest BCUT2D eigenvalue weighted by molar-refractivity contribution is 4.95. The Morgan fingerprint density at radius 1 is 1.15 bits per heavy atom. The number of ether oxygens (including phenoxy) is 1. The first-order valence-electron chi connectivity index (χ1n) is 5.87. The maximum absolute atomic E-state index is 5.90. The molecule has 0 aromatic heterocycles. The monoisotopic (exact) mass is 182 g/mol. The second kappa shape index (κ2) is 3.61. The van der Waals surface area contributed by atoms with Gasteiger partial charge in [0.2, 0.25) is 0 Å². The lowest BCUT2D eigenvalue weighted by Gasteiger charge is -2.36. The lowest BCUT2D eigenvalue weighted by atomic mass is 9.69. The molecule has 1 nitrogen and oxygen atoms in total. The molecule has 1 saturated heterocycles. The molecule has 1 heteroatoms. The zero-order chi connectivity index (χ0) is 9.31. The van der Waals surface area contributed by atoms with Gasteiger partial charge in [0.05, 0.1) is 6.10 Å². The third-order valence-corrected chi connectivity index (χ3v) is 4.29. The van der Waals surface area contributed by atoms with E-state index in [1.54, 1.807) is 0 Å². The van der Waals surface area contributed by atoms with Crippen molar-refractivity contribution in [3.63, 3.8) is 0 Å².